The van der Waals surface area contributed by atoms with Crippen molar-refractivity contribution in [1.82, 2.24) is 9.97 Å². The number of H-pyrrole nitrogens is 1. The molecule has 4 rings (SSSR count). The number of nitrogens with one attached hydrogen (secondary N) is 1. The van der Waals surface area contributed by atoms with Crippen molar-refractivity contribution in [2.45, 2.75) is 13.5 Å². The van der Waals surface area contributed by atoms with Crippen LogP contribution in [-0.4, -0.2) is 14.9 Å². The van der Waals surface area contributed by atoms with Crippen LogP contribution in [0.3, 0.4) is 0 Å². The second kappa shape index (κ2) is 6.92. The summed E-state index contributed by atoms with van der Waals surface area (Å²) in [5.74, 6) is 1.32. The summed E-state index contributed by atoms with van der Waals surface area (Å²) in [6, 6.07) is 20.4. The quantitative estimate of drug-likeness (QED) is 0.400. The van der Waals surface area contributed by atoms with Gasteiger partial charge in [0.15, 0.2) is 0 Å². The molecule has 0 aliphatic carbocycles. The fourth-order valence-electron chi connectivity index (χ4n) is 2.87. The number of nitro benzene ring substituents is 1. The van der Waals surface area contributed by atoms with E-state index in [0.717, 1.165) is 11.1 Å². The molecule has 0 atom stereocenters. The smallest absolute Gasteiger partial charge is 0.271 e. The van der Waals surface area contributed by atoms with Crippen LogP contribution >= 0.6 is 0 Å². The number of nitro groups is 1. The van der Waals surface area contributed by atoms with Crippen LogP contribution in [0.5, 0.6) is 5.75 Å². The van der Waals surface area contributed by atoms with Crippen LogP contribution < -0.4 is 4.74 Å². The Hall–Kier alpha value is -3.67. The third-order valence-electron chi connectivity index (χ3n) is 4.33. The Morgan fingerprint density at radius 2 is 1.85 bits per heavy atom. The summed E-state index contributed by atoms with van der Waals surface area (Å²) in [7, 11) is 0. The van der Waals surface area contributed by atoms with Crippen molar-refractivity contribution >= 4 is 16.7 Å². The van der Waals surface area contributed by atoms with E-state index in [4.69, 9.17) is 4.74 Å². The minimum Gasteiger partial charge on any atom is -0.488 e. The molecule has 3 aromatic carbocycles. The summed E-state index contributed by atoms with van der Waals surface area (Å²) >= 11 is 0. The molecule has 6 nitrogen and oxygen atoms in total. The predicted octanol–water partition coefficient (Wildman–Crippen LogP) is 5.03. The van der Waals surface area contributed by atoms with Crippen LogP contribution in [0.1, 0.15) is 11.1 Å². The number of para-hydroxylation sites is 1. The summed E-state index contributed by atoms with van der Waals surface area (Å²) in [6.07, 6.45) is 0. The summed E-state index contributed by atoms with van der Waals surface area (Å²) < 4.78 is 6.01. The van der Waals surface area contributed by atoms with E-state index in [1.165, 1.54) is 17.7 Å². The third kappa shape index (κ3) is 3.50. The minimum absolute atomic E-state index is 0.0293. The average Bonchev–Trinajstić information content (AvgIpc) is 3.11. The van der Waals surface area contributed by atoms with Gasteiger partial charge in [-0.25, -0.2) is 4.98 Å². The van der Waals surface area contributed by atoms with Crippen LogP contribution in [0.2, 0.25) is 0 Å². The SMILES string of the molecule is Cc1ccc(COc2ccccc2-c2nc3ccc([N+](=O)[O-])cc3[nH]2)cc1. The first-order valence-corrected chi connectivity index (χ1v) is 8.52. The molecule has 0 bridgehead atoms. The Bertz CT molecular complexity index is 1120. The Morgan fingerprint density at radius 1 is 1.07 bits per heavy atom. The first-order chi connectivity index (χ1) is 13.1. The maximum absolute atomic E-state index is 11.0. The van der Waals surface area contributed by atoms with Gasteiger partial charge in [-0.15, -0.1) is 0 Å². The van der Waals surface area contributed by atoms with E-state index in [0.29, 0.717) is 29.2 Å². The molecule has 134 valence electrons. The third-order valence-corrected chi connectivity index (χ3v) is 4.33. The van der Waals surface area contributed by atoms with Gasteiger partial charge in [0.2, 0.25) is 0 Å². The highest BCUT2D eigenvalue weighted by molar-refractivity contribution is 5.82. The van der Waals surface area contributed by atoms with Crippen LogP contribution in [0, 0.1) is 17.0 Å². The van der Waals surface area contributed by atoms with Gasteiger partial charge >= 0.3 is 0 Å². The summed E-state index contributed by atoms with van der Waals surface area (Å²) in [4.78, 5) is 18.3. The van der Waals surface area contributed by atoms with Gasteiger partial charge in [0.1, 0.15) is 18.2 Å². The average molecular weight is 359 g/mol. The Balaban J connectivity index is 1.65. The molecule has 0 amide bonds. The van der Waals surface area contributed by atoms with Crippen LogP contribution in [0.15, 0.2) is 66.7 Å². The van der Waals surface area contributed by atoms with Gasteiger partial charge in [-0.1, -0.05) is 42.0 Å². The zero-order valence-corrected chi connectivity index (χ0v) is 14.7. The van der Waals surface area contributed by atoms with Gasteiger partial charge in [-0.3, -0.25) is 10.1 Å². The molecule has 0 aliphatic heterocycles. The van der Waals surface area contributed by atoms with Crippen molar-refractivity contribution in [3.8, 4) is 17.1 Å². The molecule has 1 heterocycles. The molecule has 27 heavy (non-hydrogen) atoms. The number of aromatic amines is 1. The zero-order valence-electron chi connectivity index (χ0n) is 14.7. The van der Waals surface area contributed by atoms with Crippen molar-refractivity contribution in [2.24, 2.45) is 0 Å². The number of aryl methyl sites for hydroxylation is 1. The van der Waals surface area contributed by atoms with Crippen molar-refractivity contribution in [3.63, 3.8) is 0 Å². The largest absolute Gasteiger partial charge is 0.488 e. The standard InChI is InChI=1S/C21H17N3O3/c1-14-6-8-15(9-7-14)13-27-20-5-3-2-4-17(20)21-22-18-11-10-16(24(25)26)12-19(18)23-21/h2-12H,13H2,1H3,(H,22,23). The molecule has 4 aromatic rings. The van der Waals surface area contributed by atoms with Crippen LogP contribution in [0.4, 0.5) is 5.69 Å². The topological polar surface area (TPSA) is 81.1 Å². The molecule has 0 fully saturated rings. The van der Waals surface area contributed by atoms with Gasteiger partial charge in [-0.2, -0.15) is 0 Å². The lowest BCUT2D eigenvalue weighted by Crippen LogP contribution is -1.97. The van der Waals surface area contributed by atoms with E-state index in [1.54, 1.807) is 6.07 Å². The van der Waals surface area contributed by atoms with Crippen molar-refractivity contribution in [3.05, 3.63) is 88.0 Å². The van der Waals surface area contributed by atoms with Gasteiger partial charge in [0.05, 0.1) is 21.5 Å². The fraction of sp³-hybridized carbons (Fsp3) is 0.0952. The van der Waals surface area contributed by atoms with Crippen molar-refractivity contribution < 1.29 is 9.66 Å². The summed E-state index contributed by atoms with van der Waals surface area (Å²) in [5, 5.41) is 11.0. The maximum Gasteiger partial charge on any atom is 0.271 e. The highest BCUT2D eigenvalue weighted by Crippen LogP contribution is 2.30. The lowest BCUT2D eigenvalue weighted by Gasteiger charge is -2.10. The second-order valence-corrected chi connectivity index (χ2v) is 6.31. The molecule has 0 spiro atoms. The Morgan fingerprint density at radius 3 is 2.63 bits per heavy atom. The van der Waals surface area contributed by atoms with Gasteiger partial charge in [0.25, 0.3) is 5.69 Å². The summed E-state index contributed by atoms with van der Waals surface area (Å²) in [5.41, 5.74) is 4.41. The molecule has 0 saturated heterocycles. The molecule has 0 unspecified atom stereocenters. The van der Waals surface area contributed by atoms with Gasteiger partial charge < -0.3 is 9.72 Å². The molecule has 6 heteroatoms. The predicted molar refractivity (Wildman–Crippen MR) is 104 cm³/mol. The molecule has 0 aliphatic rings. The number of rotatable bonds is 5. The van der Waals surface area contributed by atoms with E-state index in [2.05, 4.69) is 22.1 Å². The van der Waals surface area contributed by atoms with E-state index in [-0.39, 0.29) is 5.69 Å². The van der Waals surface area contributed by atoms with E-state index in [9.17, 15) is 10.1 Å². The van der Waals surface area contributed by atoms with Crippen molar-refractivity contribution in [2.75, 3.05) is 0 Å². The molecule has 0 radical (unpaired) electrons. The van der Waals surface area contributed by atoms with E-state index in [1.807, 2.05) is 43.3 Å². The van der Waals surface area contributed by atoms with Gasteiger partial charge in [-0.05, 0) is 30.7 Å². The Kier molecular flexibility index (Phi) is 4.30. The van der Waals surface area contributed by atoms with Crippen molar-refractivity contribution in [1.29, 1.82) is 0 Å². The summed E-state index contributed by atoms with van der Waals surface area (Å²) in [6.45, 7) is 2.49. The first-order valence-electron chi connectivity index (χ1n) is 8.52. The van der Waals surface area contributed by atoms with E-state index < -0.39 is 4.92 Å². The number of fused-ring (bicyclic) bond motifs is 1. The number of aromatic nitrogens is 2. The molecular formula is C21H17N3O3. The van der Waals surface area contributed by atoms with Crippen LogP contribution in [0.25, 0.3) is 22.4 Å². The molecular weight excluding hydrogens is 342 g/mol. The van der Waals surface area contributed by atoms with Crippen LogP contribution in [-0.2, 0) is 6.61 Å². The fourth-order valence-corrected chi connectivity index (χ4v) is 2.87. The molecule has 1 N–H and O–H groups in total. The lowest BCUT2D eigenvalue weighted by molar-refractivity contribution is -0.384. The number of hydrogen-bond donors (Lipinski definition) is 1. The van der Waals surface area contributed by atoms with Gasteiger partial charge in [0, 0.05) is 12.1 Å². The number of benzene rings is 3. The first kappa shape index (κ1) is 16.8. The monoisotopic (exact) mass is 359 g/mol. The highest BCUT2D eigenvalue weighted by Gasteiger charge is 2.13. The number of ether oxygens (including phenoxy) is 1. The highest BCUT2D eigenvalue weighted by atomic mass is 16.6. The number of nitrogens with zero attached hydrogens (tertiary/aromatic N) is 2. The number of non-ortho nitro benzene ring substituents is 1. The minimum atomic E-state index is -0.418. The van der Waals surface area contributed by atoms with E-state index >= 15 is 0 Å². The number of hydrogen-bond acceptors (Lipinski definition) is 4. The molecule has 0 saturated carbocycles. The Labute approximate surface area is 155 Å². The normalized spacial score (nSPS) is 10.9. The second-order valence-electron chi connectivity index (χ2n) is 6.31. The zero-order chi connectivity index (χ0) is 18.8. The molecule has 1 aromatic heterocycles. The maximum atomic E-state index is 11.0. The lowest BCUT2D eigenvalue weighted by atomic mass is 10.1. The number of imidazole rings is 1.